The van der Waals surface area contributed by atoms with Crippen LogP contribution in [0, 0.1) is 0 Å². The van der Waals surface area contributed by atoms with E-state index in [1.54, 1.807) is 9.69 Å². The molecule has 2 aromatic carbocycles. The molecule has 1 aliphatic rings. The van der Waals surface area contributed by atoms with Crippen molar-refractivity contribution < 1.29 is 9.59 Å². The number of thioether (sulfide) groups is 1. The van der Waals surface area contributed by atoms with Gasteiger partial charge in [0, 0.05) is 24.8 Å². The first kappa shape index (κ1) is 20.1. The van der Waals surface area contributed by atoms with Crippen molar-refractivity contribution in [1.82, 2.24) is 14.9 Å². The lowest BCUT2D eigenvalue weighted by molar-refractivity contribution is -0.119. The topological polar surface area (TPSA) is 68.1 Å². The monoisotopic (exact) mass is 418 g/mol. The molecule has 0 bridgehead atoms. The molecule has 1 aliphatic heterocycles. The zero-order chi connectivity index (χ0) is 21.1. The van der Waals surface area contributed by atoms with Crippen molar-refractivity contribution in [3.63, 3.8) is 0 Å². The number of ketones is 1. The first-order valence-corrected chi connectivity index (χ1v) is 10.8. The molecule has 0 fully saturated rings. The lowest BCUT2D eigenvalue weighted by Crippen LogP contribution is -2.43. The van der Waals surface area contributed by atoms with E-state index in [1.165, 1.54) is 11.8 Å². The van der Waals surface area contributed by atoms with Crippen LogP contribution in [0.15, 0.2) is 70.7 Å². The predicted octanol–water partition coefficient (Wildman–Crippen LogP) is 4.20. The molecule has 7 heteroatoms. The Morgan fingerprint density at radius 3 is 2.20 bits per heavy atom. The Morgan fingerprint density at radius 2 is 1.57 bits per heavy atom. The molecule has 0 saturated carbocycles. The third-order valence-electron chi connectivity index (χ3n) is 4.86. The van der Waals surface area contributed by atoms with Gasteiger partial charge < -0.3 is 0 Å². The van der Waals surface area contributed by atoms with Crippen LogP contribution in [-0.2, 0) is 16.0 Å². The first-order valence-electron chi connectivity index (χ1n) is 9.96. The van der Waals surface area contributed by atoms with E-state index in [0.717, 1.165) is 11.1 Å². The number of fused-ring (bicyclic) bond motifs is 1. The van der Waals surface area contributed by atoms with E-state index < -0.39 is 0 Å². The van der Waals surface area contributed by atoms with Gasteiger partial charge in [-0.05, 0) is 17.3 Å². The predicted molar refractivity (Wildman–Crippen MR) is 117 cm³/mol. The van der Waals surface area contributed by atoms with Gasteiger partial charge in [-0.25, -0.2) is 9.69 Å². The fourth-order valence-corrected chi connectivity index (χ4v) is 4.47. The molecule has 6 nitrogen and oxygen atoms in total. The summed E-state index contributed by atoms with van der Waals surface area (Å²) in [4.78, 5) is 26.5. The van der Waals surface area contributed by atoms with Gasteiger partial charge in [-0.2, -0.15) is 0 Å². The number of allylic oxidation sites excluding steroid dienone is 1. The van der Waals surface area contributed by atoms with E-state index in [1.807, 2.05) is 74.5 Å². The van der Waals surface area contributed by atoms with Crippen LogP contribution in [0.25, 0.3) is 5.70 Å². The Labute approximate surface area is 179 Å². The van der Waals surface area contributed by atoms with E-state index >= 15 is 0 Å². The summed E-state index contributed by atoms with van der Waals surface area (Å²) in [6.45, 7) is 3.64. The summed E-state index contributed by atoms with van der Waals surface area (Å²) in [6.07, 6.45) is 1.16. The van der Waals surface area contributed by atoms with Gasteiger partial charge in [0.05, 0.1) is 10.6 Å². The molecular formula is C23H22N4O2S. The summed E-state index contributed by atoms with van der Waals surface area (Å²) >= 11 is 1.28. The van der Waals surface area contributed by atoms with Gasteiger partial charge in [0.2, 0.25) is 11.1 Å². The Bertz CT molecular complexity index is 1110. The Kier molecular flexibility index (Phi) is 5.81. The van der Waals surface area contributed by atoms with Crippen LogP contribution in [0.1, 0.15) is 43.6 Å². The third-order valence-corrected chi connectivity index (χ3v) is 5.92. The number of rotatable bonds is 6. The van der Waals surface area contributed by atoms with Crippen LogP contribution in [-0.4, -0.2) is 26.6 Å². The molecule has 0 unspecified atom stereocenters. The van der Waals surface area contributed by atoms with Gasteiger partial charge >= 0.3 is 0 Å². The van der Waals surface area contributed by atoms with Crippen molar-refractivity contribution in [1.29, 1.82) is 0 Å². The number of aromatic nitrogens is 3. The maximum absolute atomic E-state index is 13.2. The second-order valence-corrected chi connectivity index (χ2v) is 7.83. The van der Waals surface area contributed by atoms with E-state index in [2.05, 4.69) is 10.2 Å². The second kappa shape index (κ2) is 8.67. The smallest absolute Gasteiger partial charge is 0.246 e. The number of Topliss-reactive ketones (excluding diaryl/α,β-unsaturated/α-hetero) is 1. The Morgan fingerprint density at radius 1 is 0.900 bits per heavy atom. The highest BCUT2D eigenvalue weighted by atomic mass is 32.2. The fourth-order valence-electron chi connectivity index (χ4n) is 3.37. The van der Waals surface area contributed by atoms with Gasteiger partial charge in [0.25, 0.3) is 0 Å². The van der Waals surface area contributed by atoms with Gasteiger partial charge in [0.1, 0.15) is 0 Å². The van der Waals surface area contributed by atoms with E-state index in [4.69, 9.17) is 0 Å². The second-order valence-electron chi connectivity index (χ2n) is 6.85. The SMILES string of the molecule is CCC(=O)C1=C(c2ccccc2)N(C(=O)CC)n2c(Cc3ccccc3)nnc2S1. The highest BCUT2D eigenvalue weighted by molar-refractivity contribution is 8.04. The van der Waals surface area contributed by atoms with Crippen LogP contribution in [0.4, 0.5) is 0 Å². The number of carbonyl (C=O) groups excluding carboxylic acids is 2. The largest absolute Gasteiger partial charge is 0.294 e. The summed E-state index contributed by atoms with van der Waals surface area (Å²) in [5, 5.41) is 10.8. The highest BCUT2D eigenvalue weighted by Crippen LogP contribution is 2.40. The van der Waals surface area contributed by atoms with Crippen molar-refractivity contribution in [3.05, 3.63) is 82.5 Å². The van der Waals surface area contributed by atoms with Gasteiger partial charge in [-0.15, -0.1) is 10.2 Å². The molecule has 0 N–H and O–H groups in total. The minimum atomic E-state index is -0.120. The number of benzene rings is 2. The van der Waals surface area contributed by atoms with Gasteiger partial charge in [0.15, 0.2) is 11.6 Å². The fraction of sp³-hybridized carbons (Fsp3) is 0.217. The van der Waals surface area contributed by atoms with Gasteiger partial charge in [-0.1, -0.05) is 74.5 Å². The number of hydrogen-bond acceptors (Lipinski definition) is 5. The van der Waals surface area contributed by atoms with E-state index in [9.17, 15) is 9.59 Å². The zero-order valence-electron chi connectivity index (χ0n) is 16.9. The summed E-state index contributed by atoms with van der Waals surface area (Å²) in [6, 6.07) is 19.5. The van der Waals surface area contributed by atoms with Gasteiger partial charge in [-0.3, -0.25) is 9.59 Å². The highest BCUT2D eigenvalue weighted by Gasteiger charge is 2.36. The van der Waals surface area contributed by atoms with Crippen LogP contribution in [0.3, 0.4) is 0 Å². The summed E-state index contributed by atoms with van der Waals surface area (Å²) in [5.74, 6) is 0.513. The molecule has 0 saturated heterocycles. The summed E-state index contributed by atoms with van der Waals surface area (Å²) < 4.78 is 1.76. The van der Waals surface area contributed by atoms with Crippen LogP contribution >= 0.6 is 11.8 Å². The molecule has 0 atom stereocenters. The molecule has 0 spiro atoms. The minimum Gasteiger partial charge on any atom is -0.294 e. The number of amides is 1. The molecule has 30 heavy (non-hydrogen) atoms. The number of nitrogens with zero attached hydrogens (tertiary/aromatic N) is 4. The Hall–Kier alpha value is -3.19. The maximum atomic E-state index is 13.2. The normalized spacial score (nSPS) is 13.3. The van der Waals surface area contributed by atoms with Crippen LogP contribution in [0.5, 0.6) is 0 Å². The van der Waals surface area contributed by atoms with Crippen molar-refractivity contribution >= 4 is 29.1 Å². The first-order chi connectivity index (χ1) is 14.6. The number of hydrogen-bond donors (Lipinski definition) is 0. The molecule has 0 aliphatic carbocycles. The minimum absolute atomic E-state index is 0.0217. The summed E-state index contributed by atoms with van der Waals surface area (Å²) in [5.41, 5.74) is 2.48. The van der Waals surface area contributed by atoms with E-state index in [-0.39, 0.29) is 18.1 Å². The lowest BCUT2D eigenvalue weighted by Gasteiger charge is -2.33. The molecule has 1 aromatic heterocycles. The molecule has 3 aromatic rings. The van der Waals surface area contributed by atoms with Crippen LogP contribution in [0.2, 0.25) is 0 Å². The Balaban J connectivity index is 1.90. The van der Waals surface area contributed by atoms with Crippen molar-refractivity contribution in [2.45, 2.75) is 38.3 Å². The molecule has 152 valence electrons. The standard InChI is InChI=1S/C23H22N4O2S/c1-3-18(28)22-21(17-13-9-6-10-14-17)27(20(29)4-2)26-19(24-25-23(26)30-22)15-16-11-7-5-8-12-16/h5-14H,3-4,15H2,1-2H3. The van der Waals surface area contributed by atoms with Crippen molar-refractivity contribution in [2.24, 2.45) is 0 Å². The lowest BCUT2D eigenvalue weighted by atomic mass is 10.1. The maximum Gasteiger partial charge on any atom is 0.246 e. The summed E-state index contributed by atoms with van der Waals surface area (Å²) in [7, 11) is 0. The average molecular weight is 419 g/mol. The average Bonchev–Trinajstić information content (AvgIpc) is 3.20. The van der Waals surface area contributed by atoms with Crippen molar-refractivity contribution in [3.8, 4) is 0 Å². The van der Waals surface area contributed by atoms with Crippen molar-refractivity contribution in [2.75, 3.05) is 5.01 Å². The third kappa shape index (κ3) is 3.68. The molecular weight excluding hydrogens is 396 g/mol. The molecule has 4 rings (SSSR count). The molecule has 2 heterocycles. The quantitative estimate of drug-likeness (QED) is 0.600. The van der Waals surface area contributed by atoms with Crippen LogP contribution < -0.4 is 5.01 Å². The molecule has 1 amide bonds. The van der Waals surface area contributed by atoms with E-state index in [0.29, 0.717) is 34.4 Å². The molecule has 0 radical (unpaired) electrons. The number of carbonyl (C=O) groups is 2. The zero-order valence-corrected chi connectivity index (χ0v) is 17.7.